The number of amides is 1. The number of anilines is 2. The third-order valence-corrected chi connectivity index (χ3v) is 5.38. The van der Waals surface area contributed by atoms with Crippen molar-refractivity contribution >= 4 is 17.3 Å². The number of hydrogen-bond acceptors (Lipinski definition) is 4. The van der Waals surface area contributed by atoms with Gasteiger partial charge in [-0.2, -0.15) is 0 Å². The van der Waals surface area contributed by atoms with Crippen molar-refractivity contribution in [3.05, 3.63) is 59.7 Å². The Kier molecular flexibility index (Phi) is 5.41. The van der Waals surface area contributed by atoms with Crippen LogP contribution in [0.15, 0.2) is 48.5 Å². The van der Waals surface area contributed by atoms with Crippen LogP contribution < -0.4 is 9.80 Å². The Balaban J connectivity index is 1.41. The molecule has 5 heteroatoms. The van der Waals surface area contributed by atoms with E-state index in [0.717, 1.165) is 51.5 Å². The molecular formula is C22H27N3O2. The molecule has 4 rings (SSSR count). The van der Waals surface area contributed by atoms with Crippen molar-refractivity contribution in [3.8, 4) is 0 Å². The largest absolute Gasteiger partial charge is 0.378 e. The Hall–Kier alpha value is -2.37. The smallest absolute Gasteiger partial charge is 0.241 e. The summed E-state index contributed by atoms with van der Waals surface area (Å²) in [5, 5.41) is 0. The van der Waals surface area contributed by atoms with Gasteiger partial charge in [0, 0.05) is 37.6 Å². The normalized spacial score (nSPS) is 16.7. The molecule has 2 aromatic carbocycles. The SMILES string of the molecule is CN(CC(=O)N1CCc2ccccc21)Cc1ccccc1N1CCOCC1. The lowest BCUT2D eigenvalue weighted by atomic mass is 10.1. The number of morpholine rings is 1. The summed E-state index contributed by atoms with van der Waals surface area (Å²) in [5.74, 6) is 0.173. The van der Waals surface area contributed by atoms with E-state index in [-0.39, 0.29) is 5.91 Å². The number of ether oxygens (including phenoxy) is 1. The molecule has 5 nitrogen and oxygen atoms in total. The zero-order valence-electron chi connectivity index (χ0n) is 15.9. The Morgan fingerprint density at radius 1 is 1.00 bits per heavy atom. The van der Waals surface area contributed by atoms with Crippen LogP contribution in [0.5, 0.6) is 0 Å². The molecule has 0 aromatic heterocycles. The molecule has 1 fully saturated rings. The standard InChI is InChI=1S/C22H27N3O2/c1-23(17-22(26)25-11-10-18-6-2-5-9-21(18)25)16-19-7-3-4-8-20(19)24-12-14-27-15-13-24/h2-9H,10-17H2,1H3. The highest BCUT2D eigenvalue weighted by Crippen LogP contribution is 2.28. The molecule has 2 heterocycles. The molecule has 0 aliphatic carbocycles. The zero-order chi connectivity index (χ0) is 18.6. The first kappa shape index (κ1) is 18.0. The van der Waals surface area contributed by atoms with E-state index in [0.29, 0.717) is 6.54 Å². The first-order chi connectivity index (χ1) is 13.2. The van der Waals surface area contributed by atoms with Gasteiger partial charge in [-0.25, -0.2) is 0 Å². The van der Waals surface area contributed by atoms with Crippen molar-refractivity contribution < 1.29 is 9.53 Å². The number of fused-ring (bicyclic) bond motifs is 1. The zero-order valence-corrected chi connectivity index (χ0v) is 15.9. The molecule has 0 unspecified atom stereocenters. The van der Waals surface area contributed by atoms with Crippen molar-refractivity contribution in [2.45, 2.75) is 13.0 Å². The van der Waals surface area contributed by atoms with Crippen LogP contribution in [0, 0.1) is 0 Å². The van der Waals surface area contributed by atoms with E-state index in [9.17, 15) is 4.79 Å². The maximum Gasteiger partial charge on any atom is 0.241 e. The van der Waals surface area contributed by atoms with Crippen LogP contribution in [0.4, 0.5) is 11.4 Å². The molecule has 2 aliphatic heterocycles. The highest BCUT2D eigenvalue weighted by Gasteiger charge is 2.25. The van der Waals surface area contributed by atoms with Gasteiger partial charge in [-0.15, -0.1) is 0 Å². The summed E-state index contributed by atoms with van der Waals surface area (Å²) in [7, 11) is 2.02. The highest BCUT2D eigenvalue weighted by molar-refractivity contribution is 5.96. The van der Waals surface area contributed by atoms with Crippen molar-refractivity contribution in [2.75, 3.05) is 56.2 Å². The minimum Gasteiger partial charge on any atom is -0.378 e. The van der Waals surface area contributed by atoms with Crippen LogP contribution in [0.25, 0.3) is 0 Å². The second kappa shape index (κ2) is 8.11. The lowest BCUT2D eigenvalue weighted by Gasteiger charge is -2.31. The summed E-state index contributed by atoms with van der Waals surface area (Å²) in [6.07, 6.45) is 0.950. The Labute approximate surface area is 161 Å². The van der Waals surface area contributed by atoms with E-state index in [2.05, 4.69) is 40.1 Å². The second-order valence-electron chi connectivity index (χ2n) is 7.32. The Morgan fingerprint density at radius 2 is 1.70 bits per heavy atom. The quantitative estimate of drug-likeness (QED) is 0.816. The molecule has 2 aliphatic rings. The maximum absolute atomic E-state index is 12.9. The molecule has 0 spiro atoms. The molecule has 0 N–H and O–H groups in total. The number of likely N-dealkylation sites (N-methyl/N-ethyl adjacent to an activating group) is 1. The second-order valence-corrected chi connectivity index (χ2v) is 7.32. The monoisotopic (exact) mass is 365 g/mol. The number of nitrogens with zero attached hydrogens (tertiary/aromatic N) is 3. The van der Waals surface area contributed by atoms with Crippen LogP contribution in [0.2, 0.25) is 0 Å². The minimum atomic E-state index is 0.173. The maximum atomic E-state index is 12.9. The van der Waals surface area contributed by atoms with Crippen molar-refractivity contribution in [1.29, 1.82) is 0 Å². The molecular weight excluding hydrogens is 338 g/mol. The molecule has 1 saturated heterocycles. The fraction of sp³-hybridized carbons (Fsp3) is 0.409. The first-order valence-electron chi connectivity index (χ1n) is 9.70. The van der Waals surface area contributed by atoms with Gasteiger partial charge in [0.25, 0.3) is 0 Å². The third-order valence-electron chi connectivity index (χ3n) is 5.38. The Morgan fingerprint density at radius 3 is 2.52 bits per heavy atom. The summed E-state index contributed by atoms with van der Waals surface area (Å²) < 4.78 is 5.48. The van der Waals surface area contributed by atoms with E-state index in [1.54, 1.807) is 0 Å². The van der Waals surface area contributed by atoms with Crippen LogP contribution in [-0.4, -0.2) is 57.2 Å². The Bertz CT molecular complexity index is 802. The topological polar surface area (TPSA) is 36.0 Å². The van der Waals surface area contributed by atoms with Crippen LogP contribution in [-0.2, 0) is 22.5 Å². The van der Waals surface area contributed by atoms with Crippen molar-refractivity contribution in [2.24, 2.45) is 0 Å². The van der Waals surface area contributed by atoms with Gasteiger partial charge in [0.1, 0.15) is 0 Å². The molecule has 1 amide bonds. The molecule has 0 saturated carbocycles. The number of carbonyl (C=O) groups is 1. The molecule has 0 bridgehead atoms. The molecule has 2 aromatic rings. The summed E-state index contributed by atoms with van der Waals surface area (Å²) >= 11 is 0. The predicted molar refractivity (Wildman–Crippen MR) is 108 cm³/mol. The molecule has 142 valence electrons. The minimum absolute atomic E-state index is 0.173. The van der Waals surface area contributed by atoms with Crippen LogP contribution >= 0.6 is 0 Å². The number of carbonyl (C=O) groups excluding carboxylic acids is 1. The summed E-state index contributed by atoms with van der Waals surface area (Å²) in [5.41, 5.74) is 4.86. The summed E-state index contributed by atoms with van der Waals surface area (Å²) in [4.78, 5) is 19.3. The number of para-hydroxylation sites is 2. The fourth-order valence-electron chi connectivity index (χ4n) is 4.02. The van der Waals surface area contributed by atoms with E-state index in [4.69, 9.17) is 4.74 Å². The van der Waals surface area contributed by atoms with E-state index in [1.807, 2.05) is 30.1 Å². The van der Waals surface area contributed by atoms with Gasteiger partial charge in [-0.3, -0.25) is 9.69 Å². The van der Waals surface area contributed by atoms with Crippen LogP contribution in [0.1, 0.15) is 11.1 Å². The number of benzene rings is 2. The van der Waals surface area contributed by atoms with E-state index < -0.39 is 0 Å². The number of hydrogen-bond donors (Lipinski definition) is 0. The predicted octanol–water partition coefficient (Wildman–Crippen LogP) is 2.54. The van der Waals surface area contributed by atoms with Gasteiger partial charge in [0.2, 0.25) is 5.91 Å². The fourth-order valence-corrected chi connectivity index (χ4v) is 4.02. The summed E-state index contributed by atoms with van der Waals surface area (Å²) in [6, 6.07) is 16.7. The average molecular weight is 365 g/mol. The summed E-state index contributed by atoms with van der Waals surface area (Å²) in [6.45, 7) is 5.36. The van der Waals surface area contributed by atoms with Crippen molar-refractivity contribution in [3.63, 3.8) is 0 Å². The molecule has 27 heavy (non-hydrogen) atoms. The van der Waals surface area contributed by atoms with Gasteiger partial charge >= 0.3 is 0 Å². The van der Waals surface area contributed by atoms with Gasteiger partial charge in [0.15, 0.2) is 0 Å². The van der Waals surface area contributed by atoms with Gasteiger partial charge in [0.05, 0.1) is 19.8 Å². The van der Waals surface area contributed by atoms with Gasteiger partial charge in [-0.1, -0.05) is 36.4 Å². The number of rotatable bonds is 5. The average Bonchev–Trinajstić information content (AvgIpc) is 3.13. The van der Waals surface area contributed by atoms with Gasteiger partial charge < -0.3 is 14.5 Å². The van der Waals surface area contributed by atoms with Crippen molar-refractivity contribution in [1.82, 2.24) is 4.90 Å². The molecule has 0 atom stereocenters. The van der Waals surface area contributed by atoms with Crippen LogP contribution in [0.3, 0.4) is 0 Å². The van der Waals surface area contributed by atoms with Gasteiger partial charge in [-0.05, 0) is 36.7 Å². The van der Waals surface area contributed by atoms with E-state index >= 15 is 0 Å². The van der Waals surface area contributed by atoms with E-state index in [1.165, 1.54) is 16.8 Å². The first-order valence-corrected chi connectivity index (χ1v) is 9.70. The third kappa shape index (κ3) is 3.99. The highest BCUT2D eigenvalue weighted by atomic mass is 16.5. The molecule has 0 radical (unpaired) electrons. The lowest BCUT2D eigenvalue weighted by molar-refractivity contribution is -0.119. The lowest BCUT2D eigenvalue weighted by Crippen LogP contribution is -2.39.